The maximum atomic E-state index is 12.6. The molecule has 294 valence electrons. The summed E-state index contributed by atoms with van der Waals surface area (Å²) in [7, 11) is 0. The molecule has 0 atom stereocenters. The van der Waals surface area contributed by atoms with Crippen molar-refractivity contribution in [3.05, 3.63) is 224 Å². The average Bonchev–Trinajstić information content (AvgIpc) is 3.64. The second-order valence-corrected chi connectivity index (χ2v) is 14.9. The summed E-state index contributed by atoms with van der Waals surface area (Å²) in [5, 5.41) is 2.49. The maximum absolute atomic E-state index is 12.6. The van der Waals surface area contributed by atoms with E-state index < -0.39 is 6.36 Å². The summed E-state index contributed by atoms with van der Waals surface area (Å²) in [4.78, 5) is 2.27. The molecular formula is C55H37F3N2O. The van der Waals surface area contributed by atoms with Crippen LogP contribution in [0.15, 0.2) is 224 Å². The zero-order chi connectivity index (χ0) is 41.3. The molecule has 9 aromatic carbocycles. The van der Waals surface area contributed by atoms with Crippen molar-refractivity contribution in [1.82, 2.24) is 4.57 Å². The summed E-state index contributed by atoms with van der Waals surface area (Å²) in [6.45, 7) is 0. The van der Waals surface area contributed by atoms with Gasteiger partial charge in [-0.25, -0.2) is 0 Å². The van der Waals surface area contributed by atoms with Crippen molar-refractivity contribution < 1.29 is 17.9 Å². The van der Waals surface area contributed by atoms with Crippen LogP contribution in [0.1, 0.15) is 0 Å². The van der Waals surface area contributed by atoms with E-state index in [0.29, 0.717) is 0 Å². The molecule has 0 amide bonds. The fourth-order valence-corrected chi connectivity index (χ4v) is 8.19. The molecule has 1 heterocycles. The van der Waals surface area contributed by atoms with Crippen molar-refractivity contribution in [2.24, 2.45) is 0 Å². The second kappa shape index (κ2) is 15.7. The third-order valence-electron chi connectivity index (χ3n) is 11.2. The van der Waals surface area contributed by atoms with Gasteiger partial charge < -0.3 is 14.2 Å². The van der Waals surface area contributed by atoms with Gasteiger partial charge in [0.15, 0.2) is 0 Å². The Balaban J connectivity index is 0.934. The summed E-state index contributed by atoms with van der Waals surface area (Å²) in [5.41, 5.74) is 14.9. The third-order valence-corrected chi connectivity index (χ3v) is 11.2. The van der Waals surface area contributed by atoms with Crippen LogP contribution in [0.2, 0.25) is 0 Å². The Kier molecular flexibility index (Phi) is 9.66. The standard InChI is InChI=1S/C55H37F3N2O/c56-55(57,58)61-50-36-26-45(27-37-50)40-16-14-39(15-17-40)42-20-30-47(31-21-42)59(46-28-18-41(19-29-46)38-8-2-1-3-9-38)48-32-22-43(23-33-48)44-24-34-49(35-25-44)60-53-12-6-4-10-51(53)52-11-5-7-13-54(52)60/h1-37H. The van der Waals surface area contributed by atoms with E-state index >= 15 is 0 Å². The first-order valence-electron chi connectivity index (χ1n) is 20.1. The van der Waals surface area contributed by atoms with E-state index in [4.69, 9.17) is 0 Å². The number of hydrogen-bond acceptors (Lipinski definition) is 2. The minimum Gasteiger partial charge on any atom is -0.406 e. The summed E-state index contributed by atoms with van der Waals surface area (Å²) in [5.74, 6) is -0.244. The highest BCUT2D eigenvalue weighted by Crippen LogP contribution is 2.39. The topological polar surface area (TPSA) is 17.4 Å². The van der Waals surface area contributed by atoms with E-state index in [1.165, 1.54) is 33.9 Å². The number of aromatic nitrogens is 1. The van der Waals surface area contributed by atoms with Crippen LogP contribution in [-0.2, 0) is 0 Å². The van der Waals surface area contributed by atoms with Crippen molar-refractivity contribution >= 4 is 38.9 Å². The summed E-state index contributed by atoms with van der Waals surface area (Å²) >= 11 is 0. The van der Waals surface area contributed by atoms with Gasteiger partial charge in [-0.2, -0.15) is 0 Å². The van der Waals surface area contributed by atoms with E-state index in [2.05, 4.69) is 184 Å². The second-order valence-electron chi connectivity index (χ2n) is 14.9. The van der Waals surface area contributed by atoms with Crippen molar-refractivity contribution in [3.8, 4) is 55.9 Å². The van der Waals surface area contributed by atoms with Crippen molar-refractivity contribution in [2.75, 3.05) is 4.90 Å². The van der Waals surface area contributed by atoms with Crippen molar-refractivity contribution in [3.63, 3.8) is 0 Å². The monoisotopic (exact) mass is 798 g/mol. The first kappa shape index (κ1) is 37.4. The molecule has 0 N–H and O–H groups in total. The summed E-state index contributed by atoms with van der Waals surface area (Å²) < 4.78 is 44.3. The molecule has 61 heavy (non-hydrogen) atoms. The maximum Gasteiger partial charge on any atom is 0.573 e. The minimum absolute atomic E-state index is 0.244. The fourth-order valence-electron chi connectivity index (χ4n) is 8.19. The van der Waals surface area contributed by atoms with E-state index in [1.807, 2.05) is 30.3 Å². The van der Waals surface area contributed by atoms with Crippen molar-refractivity contribution in [2.45, 2.75) is 6.36 Å². The van der Waals surface area contributed by atoms with Crippen LogP contribution in [-0.4, -0.2) is 10.9 Å². The first-order valence-corrected chi connectivity index (χ1v) is 20.1. The third kappa shape index (κ3) is 7.63. The molecule has 0 bridgehead atoms. The quantitative estimate of drug-likeness (QED) is 0.145. The molecule has 10 rings (SSSR count). The van der Waals surface area contributed by atoms with Gasteiger partial charge in [0.25, 0.3) is 0 Å². The predicted octanol–water partition coefficient (Wildman–Crippen LogP) is 15.8. The average molecular weight is 799 g/mol. The lowest BCUT2D eigenvalue weighted by Crippen LogP contribution is -2.16. The van der Waals surface area contributed by atoms with Crippen LogP contribution in [0, 0.1) is 0 Å². The molecule has 3 nitrogen and oxygen atoms in total. The highest BCUT2D eigenvalue weighted by atomic mass is 19.4. The van der Waals surface area contributed by atoms with Crippen LogP contribution >= 0.6 is 0 Å². The number of halogens is 3. The molecule has 0 saturated carbocycles. The molecule has 1 aromatic heterocycles. The number of alkyl halides is 3. The van der Waals surface area contributed by atoms with Crippen LogP contribution in [0.3, 0.4) is 0 Å². The lowest BCUT2D eigenvalue weighted by atomic mass is 9.99. The molecule has 0 aliphatic rings. The van der Waals surface area contributed by atoms with Gasteiger partial charge in [-0.3, -0.25) is 0 Å². The van der Waals surface area contributed by atoms with Crippen molar-refractivity contribution in [1.29, 1.82) is 0 Å². The molecule has 10 aromatic rings. The smallest absolute Gasteiger partial charge is 0.406 e. The number of rotatable bonds is 9. The Morgan fingerprint density at radius 1 is 0.328 bits per heavy atom. The first-order chi connectivity index (χ1) is 29.8. The Hall–Kier alpha value is -7.83. The zero-order valence-electron chi connectivity index (χ0n) is 32.8. The SMILES string of the molecule is FC(F)(F)Oc1ccc(-c2ccc(-c3ccc(N(c4ccc(-c5ccccc5)cc4)c4ccc(-c5ccc(-n6c7ccccc7c7ccccc76)cc5)cc4)cc3)cc2)cc1. The van der Waals surface area contributed by atoms with Gasteiger partial charge in [-0.15, -0.1) is 13.2 Å². The lowest BCUT2D eigenvalue weighted by molar-refractivity contribution is -0.274. The van der Waals surface area contributed by atoms with E-state index in [1.54, 1.807) is 12.1 Å². The van der Waals surface area contributed by atoms with E-state index in [-0.39, 0.29) is 5.75 Å². The van der Waals surface area contributed by atoms with Crippen LogP contribution in [0.25, 0.3) is 72.0 Å². The van der Waals surface area contributed by atoms with E-state index in [0.717, 1.165) is 67.3 Å². The van der Waals surface area contributed by atoms with Gasteiger partial charge in [0.05, 0.1) is 11.0 Å². The van der Waals surface area contributed by atoms with Gasteiger partial charge in [-0.05, 0) is 117 Å². The van der Waals surface area contributed by atoms with Crippen LogP contribution in [0.4, 0.5) is 30.2 Å². The number of para-hydroxylation sites is 2. The number of nitrogens with zero attached hydrogens (tertiary/aromatic N) is 2. The molecule has 0 unspecified atom stereocenters. The molecule has 0 saturated heterocycles. The molecule has 0 aliphatic carbocycles. The van der Waals surface area contributed by atoms with E-state index in [9.17, 15) is 13.2 Å². The van der Waals surface area contributed by atoms with Crippen LogP contribution in [0.5, 0.6) is 5.75 Å². The fraction of sp³-hybridized carbons (Fsp3) is 0.0182. The Labute approximate surface area is 351 Å². The van der Waals surface area contributed by atoms with Gasteiger partial charge in [0.2, 0.25) is 0 Å². The molecule has 6 heteroatoms. The molecule has 0 aliphatic heterocycles. The lowest BCUT2D eigenvalue weighted by Gasteiger charge is -2.26. The molecular weight excluding hydrogens is 762 g/mol. The Morgan fingerprint density at radius 2 is 0.639 bits per heavy atom. The number of hydrogen-bond donors (Lipinski definition) is 0. The number of fused-ring (bicyclic) bond motifs is 3. The van der Waals surface area contributed by atoms with Gasteiger partial charge in [-0.1, -0.05) is 152 Å². The van der Waals surface area contributed by atoms with Gasteiger partial charge >= 0.3 is 6.36 Å². The zero-order valence-corrected chi connectivity index (χ0v) is 32.8. The molecule has 0 radical (unpaired) electrons. The largest absolute Gasteiger partial charge is 0.573 e. The number of anilines is 3. The highest BCUT2D eigenvalue weighted by molar-refractivity contribution is 6.09. The highest BCUT2D eigenvalue weighted by Gasteiger charge is 2.31. The van der Waals surface area contributed by atoms with Gasteiger partial charge in [0, 0.05) is 33.5 Å². The number of ether oxygens (including phenoxy) is 1. The van der Waals surface area contributed by atoms with Crippen LogP contribution < -0.4 is 9.64 Å². The number of benzene rings is 9. The predicted molar refractivity (Wildman–Crippen MR) is 244 cm³/mol. The molecule has 0 spiro atoms. The summed E-state index contributed by atoms with van der Waals surface area (Å²) in [6, 6.07) is 76.1. The minimum atomic E-state index is -4.72. The normalized spacial score (nSPS) is 11.5. The Morgan fingerprint density at radius 3 is 1.03 bits per heavy atom. The molecule has 0 fully saturated rings. The Bertz CT molecular complexity index is 3030. The van der Waals surface area contributed by atoms with Gasteiger partial charge in [0.1, 0.15) is 5.75 Å². The summed E-state index contributed by atoms with van der Waals surface area (Å²) in [6.07, 6.45) is -4.72.